The Bertz CT molecular complexity index is 360. The minimum Gasteiger partial charge on any atom is -0.490 e. The van der Waals surface area contributed by atoms with Gasteiger partial charge in [-0.15, -0.1) is 0 Å². The van der Waals surface area contributed by atoms with Crippen LogP contribution in [0.5, 0.6) is 5.75 Å². The molecule has 0 N–H and O–H groups in total. The second kappa shape index (κ2) is 2.89. The fourth-order valence-electron chi connectivity index (χ4n) is 1.81. The van der Waals surface area contributed by atoms with Crippen molar-refractivity contribution in [2.75, 3.05) is 31.7 Å². The second-order valence-corrected chi connectivity index (χ2v) is 3.82. The third-order valence-electron chi connectivity index (χ3n) is 2.78. The first-order chi connectivity index (χ1) is 6.84. The standard InChI is InChI=1S/C11H13NO2/c1-12-4-5-13-10-3-2-8(6-9(10)12)11-7-14-11/h2-3,6,11H,4-5,7H2,1H3/t11-/m1/s1. The molecule has 0 radical (unpaired) electrons. The molecular formula is C11H13NO2. The lowest BCUT2D eigenvalue weighted by Crippen LogP contribution is -2.28. The molecule has 0 aromatic heterocycles. The second-order valence-electron chi connectivity index (χ2n) is 3.82. The van der Waals surface area contributed by atoms with Gasteiger partial charge in [-0.25, -0.2) is 0 Å². The molecule has 2 aliphatic heterocycles. The molecule has 0 spiro atoms. The molecule has 0 aliphatic carbocycles. The SMILES string of the molecule is CN1CCOc2ccc([C@H]3CO3)cc21. The highest BCUT2D eigenvalue weighted by Gasteiger charge is 2.26. The van der Waals surface area contributed by atoms with E-state index in [0.29, 0.717) is 6.10 Å². The predicted octanol–water partition coefficient (Wildman–Crippen LogP) is 1.59. The number of rotatable bonds is 1. The Morgan fingerprint density at radius 1 is 1.43 bits per heavy atom. The van der Waals surface area contributed by atoms with Crippen LogP contribution in [-0.2, 0) is 4.74 Å². The van der Waals surface area contributed by atoms with Crippen molar-refractivity contribution in [3.8, 4) is 5.75 Å². The fraction of sp³-hybridized carbons (Fsp3) is 0.455. The van der Waals surface area contributed by atoms with Crippen LogP contribution in [-0.4, -0.2) is 26.8 Å². The summed E-state index contributed by atoms with van der Waals surface area (Å²) in [6.07, 6.45) is 0.329. The number of hydrogen-bond acceptors (Lipinski definition) is 3. The van der Waals surface area contributed by atoms with Crippen LogP contribution in [0.3, 0.4) is 0 Å². The van der Waals surface area contributed by atoms with Gasteiger partial charge in [0.15, 0.2) is 0 Å². The molecule has 3 rings (SSSR count). The van der Waals surface area contributed by atoms with Crippen molar-refractivity contribution in [3.63, 3.8) is 0 Å². The summed E-state index contributed by atoms with van der Waals surface area (Å²) in [7, 11) is 2.10. The normalized spacial score (nSPS) is 24.1. The molecule has 14 heavy (non-hydrogen) atoms. The van der Waals surface area contributed by atoms with Crippen LogP contribution in [0.15, 0.2) is 18.2 Å². The zero-order valence-electron chi connectivity index (χ0n) is 8.19. The first-order valence-electron chi connectivity index (χ1n) is 4.94. The Morgan fingerprint density at radius 2 is 2.29 bits per heavy atom. The lowest BCUT2D eigenvalue weighted by Gasteiger charge is -2.27. The number of benzene rings is 1. The summed E-state index contributed by atoms with van der Waals surface area (Å²) in [5.41, 5.74) is 2.45. The molecule has 1 atom stereocenters. The Labute approximate surface area is 83.2 Å². The summed E-state index contributed by atoms with van der Waals surface area (Å²) in [5.74, 6) is 0.989. The maximum atomic E-state index is 5.57. The van der Waals surface area contributed by atoms with E-state index in [1.807, 2.05) is 6.07 Å². The van der Waals surface area contributed by atoms with Crippen molar-refractivity contribution in [2.24, 2.45) is 0 Å². The van der Waals surface area contributed by atoms with Gasteiger partial charge in [0, 0.05) is 7.05 Å². The minimum atomic E-state index is 0.329. The Morgan fingerprint density at radius 3 is 3.07 bits per heavy atom. The van der Waals surface area contributed by atoms with Gasteiger partial charge in [-0.1, -0.05) is 6.07 Å². The maximum absolute atomic E-state index is 5.57. The van der Waals surface area contributed by atoms with Gasteiger partial charge in [0.25, 0.3) is 0 Å². The summed E-state index contributed by atoms with van der Waals surface area (Å²) in [4.78, 5) is 2.23. The highest BCUT2D eigenvalue weighted by atomic mass is 16.6. The largest absolute Gasteiger partial charge is 0.490 e. The van der Waals surface area contributed by atoms with E-state index >= 15 is 0 Å². The van der Waals surface area contributed by atoms with Crippen molar-refractivity contribution < 1.29 is 9.47 Å². The summed E-state index contributed by atoms with van der Waals surface area (Å²) in [6, 6.07) is 6.31. The molecule has 2 heterocycles. The van der Waals surface area contributed by atoms with Crippen molar-refractivity contribution in [2.45, 2.75) is 6.10 Å². The molecule has 74 valence electrons. The zero-order valence-corrected chi connectivity index (χ0v) is 8.19. The van der Waals surface area contributed by atoms with Crippen LogP contribution < -0.4 is 9.64 Å². The van der Waals surface area contributed by atoms with Gasteiger partial charge < -0.3 is 14.4 Å². The van der Waals surface area contributed by atoms with E-state index in [4.69, 9.17) is 9.47 Å². The van der Waals surface area contributed by atoms with Crippen molar-refractivity contribution >= 4 is 5.69 Å². The monoisotopic (exact) mass is 191 g/mol. The van der Waals surface area contributed by atoms with Crippen molar-refractivity contribution in [3.05, 3.63) is 23.8 Å². The summed E-state index contributed by atoms with van der Waals surface area (Å²) in [5, 5.41) is 0. The van der Waals surface area contributed by atoms with Gasteiger partial charge >= 0.3 is 0 Å². The first-order valence-corrected chi connectivity index (χ1v) is 4.94. The summed E-state index contributed by atoms with van der Waals surface area (Å²) < 4.78 is 10.8. The minimum absolute atomic E-state index is 0.329. The third-order valence-corrected chi connectivity index (χ3v) is 2.78. The molecule has 3 heteroatoms. The number of likely N-dealkylation sites (N-methyl/N-ethyl adjacent to an activating group) is 1. The number of ether oxygens (including phenoxy) is 2. The number of nitrogens with zero attached hydrogens (tertiary/aromatic N) is 1. The smallest absolute Gasteiger partial charge is 0.142 e. The third kappa shape index (κ3) is 1.24. The highest BCUT2D eigenvalue weighted by molar-refractivity contribution is 5.61. The number of anilines is 1. The topological polar surface area (TPSA) is 25.0 Å². The Kier molecular flexibility index (Phi) is 1.67. The van der Waals surface area contributed by atoms with Gasteiger partial charge in [0.05, 0.1) is 18.8 Å². The van der Waals surface area contributed by atoms with Crippen LogP contribution in [0.4, 0.5) is 5.69 Å². The average Bonchev–Trinajstić information content (AvgIpc) is 3.01. The zero-order chi connectivity index (χ0) is 9.54. The van der Waals surface area contributed by atoms with Crippen LogP contribution in [0.2, 0.25) is 0 Å². The molecule has 2 aliphatic rings. The van der Waals surface area contributed by atoms with Crippen LogP contribution in [0, 0.1) is 0 Å². The van der Waals surface area contributed by atoms with Crippen molar-refractivity contribution in [1.29, 1.82) is 0 Å². The van der Waals surface area contributed by atoms with E-state index < -0.39 is 0 Å². The average molecular weight is 191 g/mol. The maximum Gasteiger partial charge on any atom is 0.142 e. The lowest BCUT2D eigenvalue weighted by molar-refractivity contribution is 0.311. The van der Waals surface area contributed by atoms with Crippen LogP contribution in [0.1, 0.15) is 11.7 Å². The van der Waals surface area contributed by atoms with E-state index in [2.05, 4.69) is 24.1 Å². The number of epoxide rings is 1. The van der Waals surface area contributed by atoms with E-state index in [1.165, 1.54) is 11.3 Å². The molecule has 1 aromatic rings. The van der Waals surface area contributed by atoms with E-state index in [-0.39, 0.29) is 0 Å². The fourth-order valence-corrected chi connectivity index (χ4v) is 1.81. The quantitative estimate of drug-likeness (QED) is 0.630. The molecule has 0 bridgehead atoms. The number of fused-ring (bicyclic) bond motifs is 1. The van der Waals surface area contributed by atoms with Crippen LogP contribution >= 0.6 is 0 Å². The van der Waals surface area contributed by atoms with Gasteiger partial charge in [0.2, 0.25) is 0 Å². The predicted molar refractivity (Wildman–Crippen MR) is 53.9 cm³/mol. The Balaban J connectivity index is 2.01. The molecule has 0 unspecified atom stereocenters. The molecule has 0 saturated carbocycles. The first kappa shape index (κ1) is 8.12. The lowest BCUT2D eigenvalue weighted by atomic mass is 10.1. The Hall–Kier alpha value is -1.22. The molecule has 1 fully saturated rings. The number of hydrogen-bond donors (Lipinski definition) is 0. The van der Waals surface area contributed by atoms with Crippen molar-refractivity contribution in [1.82, 2.24) is 0 Å². The molecule has 1 aromatic carbocycles. The van der Waals surface area contributed by atoms with Gasteiger partial charge in [-0.2, -0.15) is 0 Å². The van der Waals surface area contributed by atoms with Crippen LogP contribution in [0.25, 0.3) is 0 Å². The summed E-state index contributed by atoms with van der Waals surface area (Å²) in [6.45, 7) is 2.61. The highest BCUT2D eigenvalue weighted by Crippen LogP contribution is 2.37. The molecule has 1 saturated heterocycles. The van der Waals surface area contributed by atoms with E-state index in [1.54, 1.807) is 0 Å². The van der Waals surface area contributed by atoms with Gasteiger partial charge in [-0.05, 0) is 17.7 Å². The van der Waals surface area contributed by atoms with Gasteiger partial charge in [-0.3, -0.25) is 0 Å². The molecule has 0 amide bonds. The van der Waals surface area contributed by atoms with Gasteiger partial charge in [0.1, 0.15) is 18.5 Å². The molecular weight excluding hydrogens is 178 g/mol. The summed E-state index contributed by atoms with van der Waals surface area (Å²) >= 11 is 0. The van der Waals surface area contributed by atoms with E-state index in [0.717, 1.165) is 25.5 Å². The van der Waals surface area contributed by atoms with E-state index in [9.17, 15) is 0 Å². The molecule has 3 nitrogen and oxygen atoms in total.